The number of benzene rings is 1. The van der Waals surface area contributed by atoms with E-state index in [9.17, 15) is 8.42 Å². The van der Waals surface area contributed by atoms with E-state index in [1.165, 1.54) is 6.07 Å². The minimum Gasteiger partial charge on any atom is -0.397 e. The fraction of sp³-hybridized carbons (Fsp3) is 0.214. The molecule has 0 bridgehead atoms. The van der Waals surface area contributed by atoms with E-state index in [4.69, 9.17) is 11.5 Å². The van der Waals surface area contributed by atoms with Crippen LogP contribution in [0.5, 0.6) is 0 Å². The van der Waals surface area contributed by atoms with Gasteiger partial charge in [-0.25, -0.2) is 13.1 Å². The minimum absolute atomic E-state index is 0.148. The number of anilines is 2. The van der Waals surface area contributed by atoms with Crippen molar-refractivity contribution >= 4 is 21.4 Å². The van der Waals surface area contributed by atoms with Gasteiger partial charge in [0.1, 0.15) is 0 Å². The zero-order chi connectivity index (χ0) is 15.5. The van der Waals surface area contributed by atoms with Crippen LogP contribution in [0.4, 0.5) is 11.4 Å². The fourth-order valence-corrected chi connectivity index (χ4v) is 3.24. The number of nitrogens with two attached hydrogens (primary N) is 2. The first-order chi connectivity index (χ1) is 9.90. The smallest absolute Gasteiger partial charge is 0.240 e. The summed E-state index contributed by atoms with van der Waals surface area (Å²) < 4.78 is 27.1. The summed E-state index contributed by atoms with van der Waals surface area (Å²) in [7, 11) is -3.61. The molecule has 0 saturated heterocycles. The summed E-state index contributed by atoms with van der Waals surface area (Å²) in [6, 6.07) is 8.47. The van der Waals surface area contributed by atoms with Gasteiger partial charge in [0.2, 0.25) is 10.0 Å². The first-order valence-electron chi connectivity index (χ1n) is 6.45. The molecule has 0 saturated carbocycles. The van der Waals surface area contributed by atoms with Crippen molar-refractivity contribution in [2.45, 2.75) is 18.2 Å². The zero-order valence-corrected chi connectivity index (χ0v) is 12.5. The lowest BCUT2D eigenvalue weighted by Crippen LogP contribution is -2.27. The lowest BCUT2D eigenvalue weighted by Gasteiger charge is -2.11. The van der Waals surface area contributed by atoms with E-state index in [0.29, 0.717) is 17.7 Å². The van der Waals surface area contributed by atoms with Crippen molar-refractivity contribution in [1.82, 2.24) is 9.71 Å². The number of nitrogens with zero attached hydrogens (tertiary/aromatic N) is 1. The van der Waals surface area contributed by atoms with E-state index in [0.717, 1.165) is 5.69 Å². The topological polar surface area (TPSA) is 111 Å². The SMILES string of the molecule is Cc1cc(N)c(N)cc1S(=O)(=O)NCCc1ccccn1. The number of nitrogens with one attached hydrogen (secondary N) is 1. The molecule has 0 aliphatic heterocycles. The first kappa shape index (κ1) is 15.3. The van der Waals surface area contributed by atoms with Gasteiger partial charge in [0.05, 0.1) is 16.3 Å². The van der Waals surface area contributed by atoms with Gasteiger partial charge in [0, 0.05) is 24.9 Å². The Labute approximate surface area is 124 Å². The van der Waals surface area contributed by atoms with E-state index >= 15 is 0 Å². The van der Waals surface area contributed by atoms with Gasteiger partial charge < -0.3 is 11.5 Å². The number of pyridine rings is 1. The van der Waals surface area contributed by atoms with Crippen LogP contribution in [0.25, 0.3) is 0 Å². The van der Waals surface area contributed by atoms with Crippen molar-refractivity contribution in [2.24, 2.45) is 0 Å². The van der Waals surface area contributed by atoms with Crippen LogP contribution in [0, 0.1) is 6.92 Å². The third kappa shape index (κ3) is 3.71. The Kier molecular flexibility index (Phi) is 4.44. The molecule has 21 heavy (non-hydrogen) atoms. The predicted octanol–water partition coefficient (Wildman–Crippen LogP) is 1.08. The molecule has 2 aromatic rings. The normalized spacial score (nSPS) is 11.5. The van der Waals surface area contributed by atoms with Crippen LogP contribution >= 0.6 is 0 Å². The van der Waals surface area contributed by atoms with Crippen molar-refractivity contribution in [3.05, 3.63) is 47.8 Å². The van der Waals surface area contributed by atoms with Gasteiger partial charge in [-0.3, -0.25) is 4.98 Å². The van der Waals surface area contributed by atoms with Gasteiger partial charge >= 0.3 is 0 Å². The van der Waals surface area contributed by atoms with E-state index in [-0.39, 0.29) is 17.1 Å². The Hall–Kier alpha value is -2.12. The van der Waals surface area contributed by atoms with E-state index in [1.807, 2.05) is 18.2 Å². The van der Waals surface area contributed by atoms with Gasteiger partial charge in [0.25, 0.3) is 0 Å². The second-order valence-electron chi connectivity index (χ2n) is 4.72. The summed E-state index contributed by atoms with van der Waals surface area (Å²) in [5.41, 5.74) is 13.4. The van der Waals surface area contributed by atoms with Crippen LogP contribution in [0.3, 0.4) is 0 Å². The summed E-state index contributed by atoms with van der Waals surface area (Å²) in [5.74, 6) is 0. The summed E-state index contributed by atoms with van der Waals surface area (Å²) in [5, 5.41) is 0. The molecule has 6 nitrogen and oxygen atoms in total. The molecular formula is C14H18N4O2S. The standard InChI is InChI=1S/C14H18N4O2S/c1-10-8-12(15)13(16)9-14(10)21(19,20)18-7-5-11-4-2-3-6-17-11/h2-4,6,8-9,18H,5,7,15-16H2,1H3. The van der Waals surface area contributed by atoms with E-state index < -0.39 is 10.0 Å². The van der Waals surface area contributed by atoms with Crippen molar-refractivity contribution in [3.63, 3.8) is 0 Å². The fourth-order valence-electron chi connectivity index (χ4n) is 1.95. The number of sulfonamides is 1. The van der Waals surface area contributed by atoms with E-state index in [2.05, 4.69) is 9.71 Å². The minimum atomic E-state index is -3.61. The maximum Gasteiger partial charge on any atom is 0.240 e. The summed E-state index contributed by atoms with van der Waals surface area (Å²) in [6.45, 7) is 1.95. The van der Waals surface area contributed by atoms with Gasteiger partial charge in [-0.1, -0.05) is 6.07 Å². The Morgan fingerprint density at radius 1 is 1.19 bits per heavy atom. The molecule has 112 valence electrons. The molecule has 0 unspecified atom stereocenters. The molecule has 0 radical (unpaired) electrons. The molecule has 0 spiro atoms. The Balaban J connectivity index is 2.10. The molecule has 5 N–H and O–H groups in total. The molecule has 2 rings (SSSR count). The molecule has 1 heterocycles. The van der Waals surface area contributed by atoms with E-state index in [1.54, 1.807) is 19.2 Å². The maximum absolute atomic E-state index is 12.3. The summed E-state index contributed by atoms with van der Waals surface area (Å²) >= 11 is 0. The Morgan fingerprint density at radius 2 is 1.90 bits per heavy atom. The highest BCUT2D eigenvalue weighted by atomic mass is 32.2. The monoisotopic (exact) mass is 306 g/mol. The van der Waals surface area contributed by atoms with Crippen LogP contribution in [-0.4, -0.2) is 19.9 Å². The first-order valence-corrected chi connectivity index (χ1v) is 7.93. The molecule has 7 heteroatoms. The highest BCUT2D eigenvalue weighted by Crippen LogP contribution is 2.23. The van der Waals surface area contributed by atoms with Gasteiger partial charge in [-0.05, 0) is 36.8 Å². The number of hydrogen-bond acceptors (Lipinski definition) is 5. The molecule has 0 aliphatic carbocycles. The average molecular weight is 306 g/mol. The lowest BCUT2D eigenvalue weighted by atomic mass is 10.2. The van der Waals surface area contributed by atoms with Crippen molar-refractivity contribution in [1.29, 1.82) is 0 Å². The second kappa shape index (κ2) is 6.11. The Bertz CT molecular complexity index is 730. The van der Waals surface area contributed by atoms with Crippen LogP contribution in [0.1, 0.15) is 11.3 Å². The zero-order valence-electron chi connectivity index (χ0n) is 11.7. The Morgan fingerprint density at radius 3 is 2.57 bits per heavy atom. The summed E-state index contributed by atoms with van der Waals surface area (Å²) in [6.07, 6.45) is 2.19. The number of aryl methyl sites for hydroxylation is 1. The number of aromatic nitrogens is 1. The molecule has 1 aromatic heterocycles. The molecular weight excluding hydrogens is 288 g/mol. The largest absolute Gasteiger partial charge is 0.397 e. The second-order valence-corrected chi connectivity index (χ2v) is 6.45. The average Bonchev–Trinajstić information content (AvgIpc) is 2.43. The van der Waals surface area contributed by atoms with Crippen molar-refractivity contribution in [2.75, 3.05) is 18.0 Å². The lowest BCUT2D eigenvalue weighted by molar-refractivity contribution is 0.580. The number of nitrogen functional groups attached to an aromatic ring is 2. The molecule has 0 atom stereocenters. The van der Waals surface area contributed by atoms with Crippen LogP contribution in [0.2, 0.25) is 0 Å². The third-order valence-electron chi connectivity index (χ3n) is 3.07. The van der Waals surface area contributed by atoms with Crippen LogP contribution in [0.15, 0.2) is 41.4 Å². The third-order valence-corrected chi connectivity index (χ3v) is 4.67. The number of hydrogen-bond donors (Lipinski definition) is 3. The van der Waals surface area contributed by atoms with Gasteiger partial charge in [-0.15, -0.1) is 0 Å². The quantitative estimate of drug-likeness (QED) is 0.716. The molecule has 0 fully saturated rings. The molecule has 1 aromatic carbocycles. The van der Waals surface area contributed by atoms with Gasteiger partial charge in [0.15, 0.2) is 0 Å². The summed E-state index contributed by atoms with van der Waals surface area (Å²) in [4.78, 5) is 4.29. The number of rotatable bonds is 5. The van der Waals surface area contributed by atoms with Crippen molar-refractivity contribution < 1.29 is 8.42 Å². The van der Waals surface area contributed by atoms with Gasteiger partial charge in [-0.2, -0.15) is 0 Å². The molecule has 0 aliphatic rings. The van der Waals surface area contributed by atoms with Crippen LogP contribution < -0.4 is 16.2 Å². The maximum atomic E-state index is 12.3. The highest BCUT2D eigenvalue weighted by Gasteiger charge is 2.17. The molecule has 0 amide bonds. The highest BCUT2D eigenvalue weighted by molar-refractivity contribution is 7.89. The van der Waals surface area contributed by atoms with Crippen LogP contribution in [-0.2, 0) is 16.4 Å². The van der Waals surface area contributed by atoms with Crippen molar-refractivity contribution in [3.8, 4) is 0 Å². The predicted molar refractivity (Wildman–Crippen MR) is 83.1 cm³/mol.